The van der Waals surface area contributed by atoms with Crippen LogP contribution in [0.25, 0.3) is 60.5 Å². The predicted octanol–water partition coefficient (Wildman–Crippen LogP) is 8.38. The number of para-hydroxylation sites is 1. The van der Waals surface area contributed by atoms with Crippen LogP contribution in [0.4, 0.5) is 0 Å². The lowest BCUT2D eigenvalue weighted by molar-refractivity contribution is 0.602. The Morgan fingerprint density at radius 3 is 2.46 bits per heavy atom. The monoisotopic (exact) mass is 450 g/mol. The lowest BCUT2D eigenvalue weighted by Crippen LogP contribution is -2.15. The second-order valence-corrected chi connectivity index (χ2v) is 10.1. The first-order valence-corrected chi connectivity index (χ1v) is 12.1. The van der Waals surface area contributed by atoms with Gasteiger partial charge in [-0.05, 0) is 63.4 Å². The van der Waals surface area contributed by atoms with Crippen molar-refractivity contribution in [1.29, 1.82) is 0 Å². The third-order valence-electron chi connectivity index (χ3n) is 7.93. The van der Waals surface area contributed by atoms with E-state index in [4.69, 9.17) is 4.42 Å². The van der Waals surface area contributed by atoms with Crippen LogP contribution in [0, 0.1) is 0 Å². The highest BCUT2D eigenvalue weighted by atomic mass is 16.3. The van der Waals surface area contributed by atoms with Gasteiger partial charge in [0.15, 0.2) is 12.0 Å². The summed E-state index contributed by atoms with van der Waals surface area (Å²) in [5.41, 5.74) is 10.6. The number of fused-ring (bicyclic) bond motifs is 9. The van der Waals surface area contributed by atoms with Crippen LogP contribution in [0.3, 0.4) is 0 Å². The summed E-state index contributed by atoms with van der Waals surface area (Å²) in [4.78, 5) is 4.30. The molecule has 0 bridgehead atoms. The van der Waals surface area contributed by atoms with Gasteiger partial charge in [0, 0.05) is 22.3 Å². The molecule has 0 amide bonds. The van der Waals surface area contributed by atoms with Crippen LogP contribution in [0.5, 0.6) is 0 Å². The minimum atomic E-state index is -0.0843. The van der Waals surface area contributed by atoms with E-state index in [0.29, 0.717) is 0 Å². The fourth-order valence-corrected chi connectivity index (χ4v) is 6.23. The SMILES string of the molecule is CC1(C)c2cc3c(cc2-c2c1ccc1ccccc21)c1ccccc1n3-c1ccc2ncoc2c1. The Morgan fingerprint density at radius 1 is 0.714 bits per heavy atom. The van der Waals surface area contributed by atoms with E-state index in [1.165, 1.54) is 61.2 Å². The highest BCUT2D eigenvalue weighted by Gasteiger charge is 2.37. The van der Waals surface area contributed by atoms with Gasteiger partial charge in [-0.3, -0.25) is 0 Å². The summed E-state index contributed by atoms with van der Waals surface area (Å²) in [6, 6.07) is 33.1. The van der Waals surface area contributed by atoms with E-state index in [2.05, 4.69) is 108 Å². The molecule has 0 aliphatic heterocycles. The molecule has 0 fully saturated rings. The third-order valence-corrected chi connectivity index (χ3v) is 7.93. The van der Waals surface area contributed by atoms with E-state index in [0.717, 1.165) is 16.8 Å². The smallest absolute Gasteiger partial charge is 0.181 e. The number of benzene rings is 5. The second-order valence-electron chi connectivity index (χ2n) is 10.1. The molecule has 2 aromatic heterocycles. The van der Waals surface area contributed by atoms with Crippen molar-refractivity contribution in [1.82, 2.24) is 9.55 Å². The summed E-state index contributed by atoms with van der Waals surface area (Å²) in [7, 11) is 0. The molecule has 166 valence electrons. The fourth-order valence-electron chi connectivity index (χ4n) is 6.23. The molecular formula is C32H22N2O. The number of nitrogens with zero attached hydrogens (tertiary/aromatic N) is 2. The van der Waals surface area contributed by atoms with Crippen molar-refractivity contribution in [2.24, 2.45) is 0 Å². The predicted molar refractivity (Wildman–Crippen MR) is 143 cm³/mol. The number of aromatic nitrogens is 2. The number of rotatable bonds is 1. The van der Waals surface area contributed by atoms with Crippen LogP contribution >= 0.6 is 0 Å². The summed E-state index contributed by atoms with van der Waals surface area (Å²) >= 11 is 0. The van der Waals surface area contributed by atoms with Gasteiger partial charge in [-0.1, -0.05) is 68.4 Å². The molecule has 7 aromatic rings. The average molecular weight is 451 g/mol. The Balaban J connectivity index is 1.52. The first kappa shape index (κ1) is 19.0. The van der Waals surface area contributed by atoms with Gasteiger partial charge in [-0.2, -0.15) is 0 Å². The topological polar surface area (TPSA) is 31.0 Å². The molecule has 0 N–H and O–H groups in total. The molecule has 0 radical (unpaired) electrons. The van der Waals surface area contributed by atoms with Crippen molar-refractivity contribution in [3.05, 3.63) is 109 Å². The molecule has 3 nitrogen and oxygen atoms in total. The Kier molecular flexibility index (Phi) is 3.47. The van der Waals surface area contributed by atoms with E-state index in [-0.39, 0.29) is 5.41 Å². The van der Waals surface area contributed by atoms with Gasteiger partial charge in [-0.25, -0.2) is 4.98 Å². The molecule has 0 saturated carbocycles. The largest absolute Gasteiger partial charge is 0.443 e. The first-order chi connectivity index (χ1) is 17.1. The molecule has 1 aliphatic carbocycles. The molecular weight excluding hydrogens is 428 g/mol. The van der Waals surface area contributed by atoms with E-state index >= 15 is 0 Å². The molecule has 0 atom stereocenters. The minimum Gasteiger partial charge on any atom is -0.443 e. The molecule has 0 saturated heterocycles. The maximum atomic E-state index is 5.65. The zero-order chi connectivity index (χ0) is 23.3. The van der Waals surface area contributed by atoms with Crippen LogP contribution in [0.1, 0.15) is 25.0 Å². The molecule has 5 aromatic carbocycles. The quantitative estimate of drug-likeness (QED) is 0.251. The second kappa shape index (κ2) is 6.39. The molecule has 35 heavy (non-hydrogen) atoms. The number of oxazole rings is 1. The van der Waals surface area contributed by atoms with Crippen LogP contribution in [0.15, 0.2) is 102 Å². The van der Waals surface area contributed by atoms with Gasteiger partial charge in [-0.15, -0.1) is 0 Å². The summed E-state index contributed by atoms with van der Waals surface area (Å²) in [6.07, 6.45) is 1.51. The maximum absolute atomic E-state index is 5.65. The van der Waals surface area contributed by atoms with Crippen LogP contribution in [0.2, 0.25) is 0 Å². The van der Waals surface area contributed by atoms with Crippen LogP contribution in [-0.4, -0.2) is 9.55 Å². The van der Waals surface area contributed by atoms with Crippen molar-refractivity contribution >= 4 is 43.7 Å². The molecule has 0 unspecified atom stereocenters. The van der Waals surface area contributed by atoms with Gasteiger partial charge < -0.3 is 8.98 Å². The van der Waals surface area contributed by atoms with Crippen LogP contribution < -0.4 is 0 Å². The van der Waals surface area contributed by atoms with Gasteiger partial charge >= 0.3 is 0 Å². The maximum Gasteiger partial charge on any atom is 0.181 e. The van der Waals surface area contributed by atoms with Crippen molar-refractivity contribution < 1.29 is 4.42 Å². The van der Waals surface area contributed by atoms with Crippen molar-refractivity contribution in [3.8, 4) is 16.8 Å². The van der Waals surface area contributed by atoms with E-state index in [1.54, 1.807) is 0 Å². The summed E-state index contributed by atoms with van der Waals surface area (Å²) in [5, 5.41) is 5.15. The van der Waals surface area contributed by atoms with Gasteiger partial charge in [0.25, 0.3) is 0 Å². The Hall–Kier alpha value is -4.37. The van der Waals surface area contributed by atoms with E-state index in [9.17, 15) is 0 Å². The Bertz CT molecular complexity index is 1990. The zero-order valence-corrected chi connectivity index (χ0v) is 19.5. The fraction of sp³-hybridized carbons (Fsp3) is 0.0938. The number of hydrogen-bond donors (Lipinski definition) is 0. The summed E-state index contributed by atoms with van der Waals surface area (Å²) in [5.74, 6) is 0. The highest BCUT2D eigenvalue weighted by molar-refractivity contribution is 6.13. The first-order valence-electron chi connectivity index (χ1n) is 12.1. The molecule has 8 rings (SSSR count). The standard InChI is InChI=1S/C32H22N2O/c1-32(2)25-13-11-19-7-3-4-8-21(19)31(25)24-16-23-22-9-5-6-10-28(22)34(29(23)17-26(24)32)20-12-14-27-30(15-20)35-18-33-27/h3-18H,1-2H3. The average Bonchev–Trinajstić information content (AvgIpc) is 3.54. The van der Waals surface area contributed by atoms with Gasteiger partial charge in [0.2, 0.25) is 0 Å². The summed E-state index contributed by atoms with van der Waals surface area (Å²) < 4.78 is 8.01. The summed E-state index contributed by atoms with van der Waals surface area (Å²) in [6.45, 7) is 4.71. The van der Waals surface area contributed by atoms with E-state index < -0.39 is 0 Å². The molecule has 0 spiro atoms. The lowest BCUT2D eigenvalue weighted by atomic mass is 9.82. The minimum absolute atomic E-state index is 0.0843. The van der Waals surface area contributed by atoms with Crippen molar-refractivity contribution in [3.63, 3.8) is 0 Å². The number of hydrogen-bond acceptors (Lipinski definition) is 2. The highest BCUT2D eigenvalue weighted by Crippen LogP contribution is 2.53. The van der Waals surface area contributed by atoms with Crippen LogP contribution in [-0.2, 0) is 5.41 Å². The Labute approximate surface area is 202 Å². The molecule has 1 aliphatic rings. The third kappa shape index (κ3) is 2.37. The van der Waals surface area contributed by atoms with Gasteiger partial charge in [0.05, 0.1) is 16.7 Å². The lowest BCUT2D eigenvalue weighted by Gasteiger charge is -2.22. The normalized spacial score (nSPS) is 14.2. The molecule has 2 heterocycles. The van der Waals surface area contributed by atoms with Gasteiger partial charge in [0.1, 0.15) is 5.52 Å². The zero-order valence-electron chi connectivity index (χ0n) is 19.5. The Morgan fingerprint density at radius 2 is 1.54 bits per heavy atom. The van der Waals surface area contributed by atoms with E-state index in [1.807, 2.05) is 6.07 Å². The van der Waals surface area contributed by atoms with Crippen molar-refractivity contribution in [2.45, 2.75) is 19.3 Å². The van der Waals surface area contributed by atoms with Crippen molar-refractivity contribution in [2.75, 3.05) is 0 Å². The molecule has 3 heteroatoms.